The molecule has 20 heavy (non-hydrogen) atoms. The lowest BCUT2D eigenvalue weighted by atomic mass is 9.93. The molecule has 0 bridgehead atoms. The van der Waals surface area contributed by atoms with E-state index in [-0.39, 0.29) is 17.4 Å². The van der Waals surface area contributed by atoms with E-state index < -0.39 is 17.6 Å². The van der Waals surface area contributed by atoms with Gasteiger partial charge in [0, 0.05) is 6.07 Å². The molecule has 1 aromatic rings. The highest BCUT2D eigenvalue weighted by molar-refractivity contribution is 6.08. The van der Waals surface area contributed by atoms with Crippen LogP contribution in [0.15, 0.2) is 23.4 Å². The average Bonchev–Trinajstić information content (AvgIpc) is 2.40. The summed E-state index contributed by atoms with van der Waals surface area (Å²) in [6.45, 7) is 3.48. The van der Waals surface area contributed by atoms with Gasteiger partial charge in [-0.1, -0.05) is 19.0 Å². The van der Waals surface area contributed by atoms with E-state index in [1.54, 1.807) is 13.8 Å². The lowest BCUT2D eigenvalue weighted by molar-refractivity contribution is -0.119. The first-order valence-electron chi connectivity index (χ1n) is 6.02. The van der Waals surface area contributed by atoms with E-state index in [0.717, 1.165) is 0 Å². The maximum Gasteiger partial charge on any atom is 0.235 e. The topological polar surface area (TPSA) is 96.9 Å². The molecule has 0 saturated carbocycles. The van der Waals surface area contributed by atoms with Gasteiger partial charge >= 0.3 is 0 Å². The van der Waals surface area contributed by atoms with Crippen molar-refractivity contribution in [2.45, 2.75) is 13.8 Å². The Morgan fingerprint density at radius 3 is 2.65 bits per heavy atom. The second-order valence-corrected chi connectivity index (χ2v) is 4.58. The molecule has 0 radical (unpaired) electrons. The van der Waals surface area contributed by atoms with Crippen molar-refractivity contribution in [3.05, 3.63) is 24.0 Å². The number of amidine groups is 1. The molecule has 0 aliphatic heterocycles. The molecule has 0 aliphatic rings. The lowest BCUT2D eigenvalue weighted by Gasteiger charge is -2.19. The first kappa shape index (κ1) is 15.7. The van der Waals surface area contributed by atoms with E-state index in [0.29, 0.717) is 5.75 Å². The molecule has 0 aromatic heterocycles. The minimum atomic E-state index is -0.856. The number of benzene rings is 1. The number of methoxy groups -OCH3 is 1. The second-order valence-electron chi connectivity index (χ2n) is 4.58. The average molecular weight is 283 g/mol. The van der Waals surface area contributed by atoms with Gasteiger partial charge in [-0.2, -0.15) is 0 Å². The van der Waals surface area contributed by atoms with Crippen LogP contribution in [-0.4, -0.2) is 24.1 Å². The van der Waals surface area contributed by atoms with E-state index >= 15 is 0 Å². The fourth-order valence-corrected chi connectivity index (χ4v) is 1.78. The molecule has 7 heteroatoms. The summed E-state index contributed by atoms with van der Waals surface area (Å²) in [5.74, 6) is -2.03. The molecule has 4 N–H and O–H groups in total. The number of nitrogens with zero attached hydrogens (tertiary/aromatic N) is 1. The maximum absolute atomic E-state index is 13.6. The molecule has 1 atom stereocenters. The molecule has 6 nitrogen and oxygen atoms in total. The van der Waals surface area contributed by atoms with E-state index in [1.807, 2.05) is 0 Å². The van der Waals surface area contributed by atoms with Gasteiger partial charge in [-0.25, -0.2) is 4.39 Å². The van der Waals surface area contributed by atoms with Crippen LogP contribution in [0.4, 0.5) is 10.1 Å². The molecule has 0 saturated heterocycles. The van der Waals surface area contributed by atoms with Gasteiger partial charge in [-0.3, -0.25) is 4.79 Å². The monoisotopic (exact) mass is 283 g/mol. The summed E-state index contributed by atoms with van der Waals surface area (Å²) >= 11 is 0. The zero-order valence-corrected chi connectivity index (χ0v) is 11.6. The molecule has 110 valence electrons. The van der Waals surface area contributed by atoms with E-state index in [2.05, 4.69) is 10.5 Å². The zero-order chi connectivity index (χ0) is 15.3. The van der Waals surface area contributed by atoms with Gasteiger partial charge in [-0.05, 0) is 18.1 Å². The number of halogens is 1. The van der Waals surface area contributed by atoms with Gasteiger partial charge in [0.1, 0.15) is 17.5 Å². The standard InChI is InChI=1S/C13H18FN3O3/c1-7(2)11(12(15)17-19)13(18)16-10-6-8(20-3)4-5-9(10)14/h4-7,11,19H,1-3H3,(H2,15,17)(H,16,18). The zero-order valence-electron chi connectivity index (χ0n) is 11.6. The summed E-state index contributed by atoms with van der Waals surface area (Å²) < 4.78 is 18.6. The molecular weight excluding hydrogens is 265 g/mol. The fourth-order valence-electron chi connectivity index (χ4n) is 1.78. The smallest absolute Gasteiger partial charge is 0.235 e. The van der Waals surface area contributed by atoms with Gasteiger partial charge in [0.2, 0.25) is 5.91 Å². The Bertz CT molecular complexity index is 518. The quantitative estimate of drug-likeness (QED) is 0.332. The molecule has 1 amide bonds. The van der Waals surface area contributed by atoms with Crippen LogP contribution in [0.25, 0.3) is 0 Å². The van der Waals surface area contributed by atoms with Crippen molar-refractivity contribution in [1.82, 2.24) is 0 Å². The Hall–Kier alpha value is -2.31. The first-order chi connectivity index (χ1) is 9.40. The van der Waals surface area contributed by atoms with Crippen LogP contribution >= 0.6 is 0 Å². The van der Waals surface area contributed by atoms with E-state index in [1.165, 1.54) is 25.3 Å². The molecule has 1 aromatic carbocycles. The number of carbonyl (C=O) groups is 1. The molecule has 1 rings (SSSR count). The Morgan fingerprint density at radius 2 is 2.15 bits per heavy atom. The summed E-state index contributed by atoms with van der Waals surface area (Å²) in [6, 6.07) is 3.98. The lowest BCUT2D eigenvalue weighted by Crippen LogP contribution is -2.38. The molecular formula is C13H18FN3O3. The highest BCUT2D eigenvalue weighted by Crippen LogP contribution is 2.22. The SMILES string of the molecule is COc1ccc(F)c(NC(=O)C(/C(N)=N/O)C(C)C)c1. The Kier molecular flexibility index (Phi) is 5.31. The van der Waals surface area contributed by atoms with Gasteiger partial charge in [0.25, 0.3) is 0 Å². The number of anilines is 1. The van der Waals surface area contributed by atoms with Crippen molar-refractivity contribution >= 4 is 17.4 Å². The third-order valence-corrected chi connectivity index (χ3v) is 2.81. The maximum atomic E-state index is 13.6. The van der Waals surface area contributed by atoms with Crippen molar-refractivity contribution < 1.29 is 19.1 Å². The predicted octanol–water partition coefficient (Wildman–Crippen LogP) is 1.79. The molecule has 0 aliphatic carbocycles. The van der Waals surface area contributed by atoms with Crippen LogP contribution in [0.5, 0.6) is 5.75 Å². The van der Waals surface area contributed by atoms with Crippen molar-refractivity contribution in [1.29, 1.82) is 0 Å². The Labute approximate surface area is 116 Å². The summed E-state index contributed by atoms with van der Waals surface area (Å²) in [5.41, 5.74) is 5.47. The number of nitrogens with two attached hydrogens (primary N) is 1. The number of nitrogens with one attached hydrogen (secondary N) is 1. The number of oxime groups is 1. The van der Waals surface area contributed by atoms with Crippen LogP contribution in [0.1, 0.15) is 13.8 Å². The number of carbonyl (C=O) groups excluding carboxylic acids is 1. The number of rotatable bonds is 5. The molecule has 0 spiro atoms. The Morgan fingerprint density at radius 1 is 1.50 bits per heavy atom. The van der Waals surface area contributed by atoms with Crippen molar-refractivity contribution in [2.24, 2.45) is 22.7 Å². The minimum Gasteiger partial charge on any atom is -0.497 e. The number of ether oxygens (including phenoxy) is 1. The van der Waals surface area contributed by atoms with Crippen LogP contribution in [-0.2, 0) is 4.79 Å². The third kappa shape index (κ3) is 3.59. The number of hydrogen-bond acceptors (Lipinski definition) is 4. The van der Waals surface area contributed by atoms with Crippen molar-refractivity contribution in [2.75, 3.05) is 12.4 Å². The fraction of sp³-hybridized carbons (Fsp3) is 0.385. The number of amides is 1. The van der Waals surface area contributed by atoms with Gasteiger partial charge in [-0.15, -0.1) is 0 Å². The molecule has 0 fully saturated rings. The third-order valence-electron chi connectivity index (χ3n) is 2.81. The van der Waals surface area contributed by atoms with Crippen LogP contribution in [0.3, 0.4) is 0 Å². The summed E-state index contributed by atoms with van der Waals surface area (Å²) in [4.78, 5) is 12.1. The van der Waals surface area contributed by atoms with Gasteiger partial charge in [0.05, 0.1) is 12.8 Å². The highest BCUT2D eigenvalue weighted by atomic mass is 19.1. The summed E-state index contributed by atoms with van der Waals surface area (Å²) in [7, 11) is 1.44. The van der Waals surface area contributed by atoms with Crippen LogP contribution < -0.4 is 15.8 Å². The summed E-state index contributed by atoms with van der Waals surface area (Å²) in [5, 5.41) is 14.0. The van der Waals surface area contributed by atoms with E-state index in [9.17, 15) is 9.18 Å². The van der Waals surface area contributed by atoms with E-state index in [4.69, 9.17) is 15.7 Å². The van der Waals surface area contributed by atoms with Crippen LogP contribution in [0, 0.1) is 17.7 Å². The van der Waals surface area contributed by atoms with Crippen LogP contribution in [0.2, 0.25) is 0 Å². The summed E-state index contributed by atoms with van der Waals surface area (Å²) in [6.07, 6.45) is 0. The van der Waals surface area contributed by atoms with Gasteiger partial charge < -0.3 is 21.0 Å². The predicted molar refractivity (Wildman–Crippen MR) is 73.3 cm³/mol. The largest absolute Gasteiger partial charge is 0.497 e. The van der Waals surface area contributed by atoms with Crippen molar-refractivity contribution in [3.63, 3.8) is 0 Å². The Balaban J connectivity index is 2.99. The number of hydrogen-bond donors (Lipinski definition) is 3. The molecule has 1 unspecified atom stereocenters. The minimum absolute atomic E-state index is 0.0225. The second kappa shape index (κ2) is 6.74. The van der Waals surface area contributed by atoms with Crippen molar-refractivity contribution in [3.8, 4) is 5.75 Å². The highest BCUT2D eigenvalue weighted by Gasteiger charge is 2.27. The first-order valence-corrected chi connectivity index (χ1v) is 6.02. The normalized spacial score (nSPS) is 13.2. The van der Waals surface area contributed by atoms with Gasteiger partial charge in [0.15, 0.2) is 5.84 Å². The molecule has 0 heterocycles.